The summed E-state index contributed by atoms with van der Waals surface area (Å²) in [6.07, 6.45) is 1.75. The van der Waals surface area contributed by atoms with E-state index in [1.807, 2.05) is 18.2 Å². The normalized spacial score (nSPS) is 14.8. The van der Waals surface area contributed by atoms with Gasteiger partial charge >= 0.3 is 0 Å². The van der Waals surface area contributed by atoms with Crippen LogP contribution in [0.1, 0.15) is 23.6 Å². The smallest absolute Gasteiger partial charge is 0.191 e. The van der Waals surface area contributed by atoms with E-state index in [2.05, 4.69) is 59.4 Å². The highest BCUT2D eigenvalue weighted by Crippen LogP contribution is 2.17. The first kappa shape index (κ1) is 22.8. The summed E-state index contributed by atoms with van der Waals surface area (Å²) in [4.78, 5) is 7.22. The van der Waals surface area contributed by atoms with Gasteiger partial charge in [0.1, 0.15) is 12.4 Å². The van der Waals surface area contributed by atoms with Crippen LogP contribution in [0.15, 0.2) is 66.2 Å². The van der Waals surface area contributed by atoms with E-state index >= 15 is 0 Å². The summed E-state index contributed by atoms with van der Waals surface area (Å²) in [5.74, 6) is 1.65. The third kappa shape index (κ3) is 7.74. The van der Waals surface area contributed by atoms with Crippen molar-refractivity contribution < 1.29 is 9.47 Å². The maximum absolute atomic E-state index is 5.75. The molecule has 0 saturated carbocycles. The summed E-state index contributed by atoms with van der Waals surface area (Å²) in [6, 6.07) is 16.7. The first-order valence-electron chi connectivity index (χ1n) is 11.0. The molecule has 0 aromatic heterocycles. The van der Waals surface area contributed by atoms with Crippen molar-refractivity contribution >= 4 is 5.96 Å². The Balaban J connectivity index is 1.59. The fourth-order valence-corrected chi connectivity index (χ4v) is 3.47. The van der Waals surface area contributed by atoms with Crippen molar-refractivity contribution in [3.05, 3.63) is 77.9 Å². The Labute approximate surface area is 186 Å². The molecule has 1 fully saturated rings. The van der Waals surface area contributed by atoms with Crippen LogP contribution in [-0.2, 0) is 24.4 Å². The second kappa shape index (κ2) is 12.8. The van der Waals surface area contributed by atoms with Crippen LogP contribution in [0.2, 0.25) is 0 Å². The van der Waals surface area contributed by atoms with Gasteiger partial charge in [-0.1, -0.05) is 55.1 Å². The van der Waals surface area contributed by atoms with Gasteiger partial charge in [0.2, 0.25) is 0 Å². The van der Waals surface area contributed by atoms with Crippen molar-refractivity contribution in [2.45, 2.75) is 26.6 Å². The van der Waals surface area contributed by atoms with Crippen LogP contribution in [0.25, 0.3) is 0 Å². The van der Waals surface area contributed by atoms with Crippen LogP contribution >= 0.6 is 0 Å². The zero-order valence-electron chi connectivity index (χ0n) is 18.5. The Bertz CT molecular complexity index is 847. The van der Waals surface area contributed by atoms with Gasteiger partial charge in [0.05, 0.1) is 19.8 Å². The van der Waals surface area contributed by atoms with Gasteiger partial charge in [-0.3, -0.25) is 4.90 Å². The van der Waals surface area contributed by atoms with Gasteiger partial charge in [0, 0.05) is 38.3 Å². The van der Waals surface area contributed by atoms with E-state index in [-0.39, 0.29) is 0 Å². The monoisotopic (exact) mass is 422 g/mol. The van der Waals surface area contributed by atoms with Gasteiger partial charge in [0.25, 0.3) is 0 Å². The lowest BCUT2D eigenvalue weighted by molar-refractivity contribution is 0.0342. The van der Waals surface area contributed by atoms with Gasteiger partial charge in [0.15, 0.2) is 5.96 Å². The molecule has 1 heterocycles. The molecule has 6 nitrogen and oxygen atoms in total. The number of nitrogens with one attached hydrogen (secondary N) is 2. The zero-order chi connectivity index (χ0) is 21.7. The standard InChI is InChI=1S/C25H34N4O2/c1-3-14-31-24-11-6-5-10-23(24)19-28-25(26-4-2)27-18-21-8-7-9-22(17-21)20-29-12-15-30-16-13-29/h3,5-11,17H,1,4,12-16,18-20H2,2H3,(H2,26,27,28). The number of para-hydroxylation sites is 1. The van der Waals surface area contributed by atoms with E-state index in [9.17, 15) is 0 Å². The molecule has 0 spiro atoms. The molecule has 6 heteroatoms. The highest BCUT2D eigenvalue weighted by atomic mass is 16.5. The van der Waals surface area contributed by atoms with E-state index in [1.54, 1.807) is 6.08 Å². The maximum atomic E-state index is 5.75. The van der Waals surface area contributed by atoms with Crippen LogP contribution < -0.4 is 15.4 Å². The Morgan fingerprint density at radius 3 is 2.74 bits per heavy atom. The topological polar surface area (TPSA) is 58.1 Å². The fourth-order valence-electron chi connectivity index (χ4n) is 3.47. The van der Waals surface area contributed by atoms with Crippen molar-refractivity contribution in [2.24, 2.45) is 4.99 Å². The molecular weight excluding hydrogens is 388 g/mol. The number of hydrogen-bond donors (Lipinski definition) is 2. The lowest BCUT2D eigenvalue weighted by atomic mass is 10.1. The van der Waals surface area contributed by atoms with Crippen LogP contribution in [0.4, 0.5) is 0 Å². The number of benzene rings is 2. The molecule has 0 unspecified atom stereocenters. The molecule has 0 bridgehead atoms. The zero-order valence-corrected chi connectivity index (χ0v) is 18.5. The highest BCUT2D eigenvalue weighted by Gasteiger charge is 2.11. The molecule has 0 atom stereocenters. The van der Waals surface area contributed by atoms with Crippen LogP contribution in [0, 0.1) is 0 Å². The van der Waals surface area contributed by atoms with E-state index < -0.39 is 0 Å². The van der Waals surface area contributed by atoms with Crippen LogP contribution in [0.5, 0.6) is 5.75 Å². The average Bonchev–Trinajstić information content (AvgIpc) is 2.81. The van der Waals surface area contributed by atoms with Gasteiger partial charge < -0.3 is 20.1 Å². The molecule has 2 aromatic carbocycles. The summed E-state index contributed by atoms with van der Waals surface area (Å²) in [5.41, 5.74) is 3.61. The number of ether oxygens (including phenoxy) is 2. The Morgan fingerprint density at radius 2 is 1.94 bits per heavy atom. The van der Waals surface area contributed by atoms with Crippen molar-refractivity contribution in [1.29, 1.82) is 0 Å². The average molecular weight is 423 g/mol. The number of hydrogen-bond acceptors (Lipinski definition) is 4. The van der Waals surface area contributed by atoms with E-state index in [1.165, 1.54) is 11.1 Å². The summed E-state index contributed by atoms with van der Waals surface area (Å²) in [5, 5.41) is 6.74. The molecule has 1 aliphatic rings. The molecule has 2 aromatic rings. The molecule has 31 heavy (non-hydrogen) atoms. The van der Waals surface area contributed by atoms with Crippen LogP contribution in [0.3, 0.4) is 0 Å². The molecule has 1 saturated heterocycles. The number of morpholine rings is 1. The van der Waals surface area contributed by atoms with Gasteiger partial charge in [-0.25, -0.2) is 4.99 Å². The Kier molecular flexibility index (Phi) is 9.41. The molecule has 3 rings (SSSR count). The van der Waals surface area contributed by atoms with Crippen molar-refractivity contribution in [2.75, 3.05) is 39.5 Å². The summed E-state index contributed by atoms with van der Waals surface area (Å²) in [6.45, 7) is 12.9. The Morgan fingerprint density at radius 1 is 1.13 bits per heavy atom. The van der Waals surface area contributed by atoms with E-state index in [0.717, 1.165) is 56.7 Å². The summed E-state index contributed by atoms with van der Waals surface area (Å²) < 4.78 is 11.2. The second-order valence-electron chi connectivity index (χ2n) is 7.46. The molecule has 0 aliphatic carbocycles. The number of aliphatic imine (C=N–C) groups is 1. The largest absolute Gasteiger partial charge is 0.489 e. The van der Waals surface area contributed by atoms with Crippen molar-refractivity contribution in [3.63, 3.8) is 0 Å². The highest BCUT2D eigenvalue weighted by molar-refractivity contribution is 5.79. The number of rotatable bonds is 10. The predicted octanol–water partition coefficient (Wildman–Crippen LogP) is 3.34. The van der Waals surface area contributed by atoms with Gasteiger partial charge in [-0.2, -0.15) is 0 Å². The molecule has 1 aliphatic heterocycles. The SMILES string of the molecule is C=CCOc1ccccc1CNC(=NCc1cccc(CN2CCOCC2)c1)NCC. The first-order chi connectivity index (χ1) is 15.3. The van der Waals surface area contributed by atoms with E-state index in [4.69, 9.17) is 14.5 Å². The minimum Gasteiger partial charge on any atom is -0.489 e. The maximum Gasteiger partial charge on any atom is 0.191 e. The van der Waals surface area contributed by atoms with Crippen molar-refractivity contribution in [3.8, 4) is 5.75 Å². The second-order valence-corrected chi connectivity index (χ2v) is 7.46. The lowest BCUT2D eigenvalue weighted by Crippen LogP contribution is -2.36. The predicted molar refractivity (Wildman–Crippen MR) is 126 cm³/mol. The minimum atomic E-state index is 0.492. The summed E-state index contributed by atoms with van der Waals surface area (Å²) >= 11 is 0. The van der Waals surface area contributed by atoms with Crippen LogP contribution in [-0.4, -0.2) is 50.3 Å². The molecule has 0 radical (unpaired) electrons. The molecule has 166 valence electrons. The van der Waals surface area contributed by atoms with E-state index in [0.29, 0.717) is 19.7 Å². The number of guanidine groups is 1. The quantitative estimate of drug-likeness (QED) is 0.349. The van der Waals surface area contributed by atoms with Crippen molar-refractivity contribution in [1.82, 2.24) is 15.5 Å². The lowest BCUT2D eigenvalue weighted by Gasteiger charge is -2.26. The third-order valence-corrected chi connectivity index (χ3v) is 5.04. The minimum absolute atomic E-state index is 0.492. The third-order valence-electron chi connectivity index (χ3n) is 5.04. The fraction of sp³-hybridized carbons (Fsp3) is 0.400. The Hall–Kier alpha value is -2.83. The molecule has 2 N–H and O–H groups in total. The molecule has 0 amide bonds. The molecular formula is C25H34N4O2. The summed E-state index contributed by atoms with van der Waals surface area (Å²) in [7, 11) is 0. The van der Waals surface area contributed by atoms with Gasteiger partial charge in [-0.05, 0) is 24.1 Å². The number of nitrogens with zero attached hydrogens (tertiary/aromatic N) is 2. The van der Waals surface area contributed by atoms with Gasteiger partial charge in [-0.15, -0.1) is 0 Å². The first-order valence-corrected chi connectivity index (χ1v) is 11.0.